The van der Waals surface area contributed by atoms with Crippen molar-refractivity contribution in [2.75, 3.05) is 43.0 Å². The highest BCUT2D eigenvalue weighted by Gasteiger charge is 2.31. The van der Waals surface area contributed by atoms with Gasteiger partial charge in [-0.15, -0.1) is 0 Å². The summed E-state index contributed by atoms with van der Waals surface area (Å²) in [5, 5.41) is 3.31. The van der Waals surface area contributed by atoms with Crippen molar-refractivity contribution in [3.63, 3.8) is 0 Å². The van der Waals surface area contributed by atoms with Gasteiger partial charge in [0.25, 0.3) is 0 Å². The number of esters is 1. The number of hydrogen-bond acceptors (Lipinski definition) is 8. The number of rotatable bonds is 7. The normalized spacial score (nSPS) is 16.5. The molecule has 1 fully saturated rings. The van der Waals surface area contributed by atoms with Gasteiger partial charge in [0, 0.05) is 38.4 Å². The molecule has 9 nitrogen and oxygen atoms in total. The highest BCUT2D eigenvalue weighted by Crippen LogP contribution is 2.22. The first-order valence-electron chi connectivity index (χ1n) is 10.2. The van der Waals surface area contributed by atoms with Crippen molar-refractivity contribution in [3.05, 3.63) is 11.8 Å². The van der Waals surface area contributed by atoms with Crippen LogP contribution in [-0.2, 0) is 9.47 Å². The van der Waals surface area contributed by atoms with Crippen LogP contribution in [0.25, 0.3) is 0 Å². The van der Waals surface area contributed by atoms with Crippen molar-refractivity contribution >= 4 is 23.8 Å². The predicted octanol–water partition coefficient (Wildman–Crippen LogP) is 2.92. The zero-order chi connectivity index (χ0) is 21.6. The first kappa shape index (κ1) is 22.7. The third-order valence-corrected chi connectivity index (χ3v) is 4.50. The van der Waals surface area contributed by atoms with Gasteiger partial charge in [0.2, 0.25) is 5.95 Å². The standard InChI is InChI=1S/C20H33N5O4/c1-7-24(8-2)18-21-12-15(17(26)28-9-3)16(23-18)22-14-10-11-25(13-14)19(27)29-20(4,5)6/h12,14H,7-11,13H2,1-6H3,(H,21,22,23). The zero-order valence-electron chi connectivity index (χ0n) is 18.3. The summed E-state index contributed by atoms with van der Waals surface area (Å²) in [6.07, 6.45) is 1.90. The Bertz CT molecular complexity index is 715. The summed E-state index contributed by atoms with van der Waals surface area (Å²) < 4.78 is 10.6. The van der Waals surface area contributed by atoms with Crippen LogP contribution in [0.3, 0.4) is 0 Å². The highest BCUT2D eigenvalue weighted by molar-refractivity contribution is 5.94. The number of aromatic nitrogens is 2. The van der Waals surface area contributed by atoms with Crippen molar-refractivity contribution in [1.82, 2.24) is 14.9 Å². The van der Waals surface area contributed by atoms with E-state index in [1.165, 1.54) is 6.20 Å². The van der Waals surface area contributed by atoms with Gasteiger partial charge in [-0.3, -0.25) is 0 Å². The van der Waals surface area contributed by atoms with Crippen molar-refractivity contribution in [2.45, 2.75) is 59.6 Å². The number of hydrogen-bond donors (Lipinski definition) is 1. The number of likely N-dealkylation sites (tertiary alicyclic amines) is 1. The smallest absolute Gasteiger partial charge is 0.410 e. The van der Waals surface area contributed by atoms with E-state index in [0.717, 1.165) is 19.5 Å². The lowest BCUT2D eigenvalue weighted by Gasteiger charge is -2.24. The maximum Gasteiger partial charge on any atom is 0.410 e. The molecule has 1 saturated heterocycles. The number of nitrogens with zero attached hydrogens (tertiary/aromatic N) is 4. The third-order valence-electron chi connectivity index (χ3n) is 4.50. The second-order valence-electron chi connectivity index (χ2n) is 7.88. The molecule has 1 aliphatic heterocycles. The summed E-state index contributed by atoms with van der Waals surface area (Å²) in [5.74, 6) is 0.507. The molecule has 2 heterocycles. The molecule has 1 atom stereocenters. The van der Waals surface area contributed by atoms with Crippen LogP contribution < -0.4 is 10.2 Å². The molecule has 0 radical (unpaired) electrons. The van der Waals surface area contributed by atoms with Crippen LogP contribution in [0.15, 0.2) is 6.20 Å². The second kappa shape index (κ2) is 9.76. The van der Waals surface area contributed by atoms with E-state index in [2.05, 4.69) is 15.3 Å². The summed E-state index contributed by atoms with van der Waals surface area (Å²) in [5.41, 5.74) is -0.246. The van der Waals surface area contributed by atoms with E-state index in [9.17, 15) is 9.59 Å². The summed E-state index contributed by atoms with van der Waals surface area (Å²) in [7, 11) is 0. The molecule has 0 aliphatic carbocycles. The van der Waals surface area contributed by atoms with Crippen molar-refractivity contribution < 1.29 is 19.1 Å². The third kappa shape index (κ3) is 6.20. The van der Waals surface area contributed by atoms with Crippen LogP contribution >= 0.6 is 0 Å². The van der Waals surface area contributed by atoms with Gasteiger partial charge < -0.3 is 24.6 Å². The Morgan fingerprint density at radius 3 is 2.55 bits per heavy atom. The van der Waals surface area contributed by atoms with E-state index in [4.69, 9.17) is 9.47 Å². The molecule has 0 saturated carbocycles. The molecule has 162 valence electrons. The summed E-state index contributed by atoms with van der Waals surface area (Å²) in [6.45, 7) is 14.2. The summed E-state index contributed by atoms with van der Waals surface area (Å²) in [6, 6.07) is -0.0462. The molecule has 1 aromatic rings. The average molecular weight is 408 g/mol. The predicted molar refractivity (Wildman–Crippen MR) is 111 cm³/mol. The van der Waals surface area contributed by atoms with Gasteiger partial charge in [-0.1, -0.05) is 0 Å². The first-order chi connectivity index (χ1) is 13.7. The monoisotopic (exact) mass is 407 g/mol. The zero-order valence-corrected chi connectivity index (χ0v) is 18.3. The van der Waals surface area contributed by atoms with Gasteiger partial charge in [-0.05, 0) is 48.0 Å². The van der Waals surface area contributed by atoms with Crippen molar-refractivity contribution in [3.8, 4) is 0 Å². The first-order valence-corrected chi connectivity index (χ1v) is 10.2. The lowest BCUT2D eigenvalue weighted by Crippen LogP contribution is -2.36. The number of anilines is 2. The van der Waals surface area contributed by atoms with Gasteiger partial charge in [0.1, 0.15) is 17.0 Å². The molecule has 0 aromatic carbocycles. The maximum atomic E-state index is 12.3. The molecule has 29 heavy (non-hydrogen) atoms. The number of carbonyl (C=O) groups excluding carboxylic acids is 2. The fourth-order valence-electron chi connectivity index (χ4n) is 3.06. The van der Waals surface area contributed by atoms with E-state index in [0.29, 0.717) is 30.4 Å². The van der Waals surface area contributed by atoms with E-state index < -0.39 is 11.6 Å². The van der Waals surface area contributed by atoms with Gasteiger partial charge in [-0.2, -0.15) is 4.98 Å². The van der Waals surface area contributed by atoms with Gasteiger partial charge >= 0.3 is 12.1 Å². The van der Waals surface area contributed by atoms with Crippen LogP contribution in [0.2, 0.25) is 0 Å². The Labute approximate surface area is 172 Å². The Kier molecular flexibility index (Phi) is 7.64. The molecule has 1 amide bonds. The molecule has 2 rings (SSSR count). The fraction of sp³-hybridized carbons (Fsp3) is 0.700. The molecular weight excluding hydrogens is 374 g/mol. The summed E-state index contributed by atoms with van der Waals surface area (Å²) >= 11 is 0. The van der Waals surface area contributed by atoms with Gasteiger partial charge in [0.15, 0.2) is 0 Å². The van der Waals surface area contributed by atoms with Crippen LogP contribution in [0.5, 0.6) is 0 Å². The van der Waals surface area contributed by atoms with E-state index in [-0.39, 0.29) is 18.7 Å². The van der Waals surface area contributed by atoms with E-state index in [1.807, 2.05) is 39.5 Å². The van der Waals surface area contributed by atoms with Crippen LogP contribution in [0.4, 0.5) is 16.6 Å². The Morgan fingerprint density at radius 2 is 1.97 bits per heavy atom. The van der Waals surface area contributed by atoms with Crippen LogP contribution in [0.1, 0.15) is 58.3 Å². The SMILES string of the molecule is CCOC(=O)c1cnc(N(CC)CC)nc1NC1CCN(C(=O)OC(C)(C)C)C1. The fourth-order valence-corrected chi connectivity index (χ4v) is 3.06. The topological polar surface area (TPSA) is 96.9 Å². The maximum absolute atomic E-state index is 12.3. The van der Waals surface area contributed by atoms with Crippen LogP contribution in [-0.4, -0.2) is 71.4 Å². The minimum Gasteiger partial charge on any atom is -0.462 e. The van der Waals surface area contributed by atoms with E-state index in [1.54, 1.807) is 11.8 Å². The molecule has 0 bridgehead atoms. The number of nitrogens with one attached hydrogen (secondary N) is 1. The van der Waals surface area contributed by atoms with Crippen molar-refractivity contribution in [1.29, 1.82) is 0 Å². The molecule has 1 N–H and O–H groups in total. The number of carbonyl (C=O) groups is 2. The second-order valence-corrected chi connectivity index (χ2v) is 7.88. The molecule has 1 aliphatic rings. The Hall–Kier alpha value is -2.58. The number of ether oxygens (including phenoxy) is 2. The van der Waals surface area contributed by atoms with Crippen molar-refractivity contribution in [2.24, 2.45) is 0 Å². The largest absolute Gasteiger partial charge is 0.462 e. The molecule has 1 aromatic heterocycles. The Balaban J connectivity index is 2.18. The van der Waals surface area contributed by atoms with Crippen LogP contribution in [0, 0.1) is 0 Å². The quantitative estimate of drug-likeness (QED) is 0.689. The molecule has 0 spiro atoms. The highest BCUT2D eigenvalue weighted by atomic mass is 16.6. The van der Waals surface area contributed by atoms with Gasteiger partial charge in [-0.25, -0.2) is 14.6 Å². The number of amides is 1. The molecular formula is C20H33N5O4. The molecule has 1 unspecified atom stereocenters. The lowest BCUT2D eigenvalue weighted by molar-refractivity contribution is 0.0293. The minimum absolute atomic E-state index is 0.0462. The van der Waals surface area contributed by atoms with E-state index >= 15 is 0 Å². The lowest BCUT2D eigenvalue weighted by atomic mass is 10.2. The molecule has 9 heteroatoms. The summed E-state index contributed by atoms with van der Waals surface area (Å²) in [4.78, 5) is 37.2. The minimum atomic E-state index is -0.537. The Morgan fingerprint density at radius 1 is 1.28 bits per heavy atom. The average Bonchev–Trinajstić information content (AvgIpc) is 3.10. The van der Waals surface area contributed by atoms with Gasteiger partial charge in [0.05, 0.1) is 6.61 Å².